The van der Waals surface area contributed by atoms with Crippen LogP contribution in [0.2, 0.25) is 0 Å². The number of amides is 1. The maximum Gasteiger partial charge on any atom is 0.295 e. The van der Waals surface area contributed by atoms with E-state index >= 15 is 0 Å². The van der Waals surface area contributed by atoms with Gasteiger partial charge in [-0.25, -0.2) is 0 Å². The van der Waals surface area contributed by atoms with Crippen molar-refractivity contribution in [2.24, 2.45) is 0 Å². The highest BCUT2D eigenvalue weighted by atomic mass is 16.5. The molecule has 9 heteroatoms. The molecule has 0 radical (unpaired) electrons. The van der Waals surface area contributed by atoms with Gasteiger partial charge in [0.05, 0.1) is 40.1 Å². The fourth-order valence-corrected chi connectivity index (χ4v) is 4.45. The Morgan fingerprint density at radius 1 is 0.944 bits per heavy atom. The number of rotatable bonds is 10. The number of aliphatic hydroxyl groups is 1. The summed E-state index contributed by atoms with van der Waals surface area (Å²) in [5, 5.41) is 11.4. The zero-order chi connectivity index (χ0) is 26.6. The molecular weight excluding hydrogens is 464 g/mol. The number of aliphatic hydroxyl groups excluding tert-OH is 1. The molecule has 0 unspecified atom stereocenters. The molecule has 0 spiro atoms. The monoisotopic (exact) mass is 498 g/mol. The van der Waals surface area contributed by atoms with Gasteiger partial charge < -0.3 is 33.9 Å². The van der Waals surface area contributed by atoms with Crippen LogP contribution in [0.4, 0.5) is 0 Å². The van der Waals surface area contributed by atoms with Crippen LogP contribution in [0.1, 0.15) is 29.2 Å². The van der Waals surface area contributed by atoms with Crippen LogP contribution in [0.3, 0.4) is 0 Å². The third kappa shape index (κ3) is 5.11. The van der Waals surface area contributed by atoms with Crippen molar-refractivity contribution >= 4 is 17.4 Å². The Bertz CT molecular complexity index is 1150. The van der Waals surface area contributed by atoms with E-state index in [0.717, 1.165) is 12.1 Å². The number of ketones is 1. The van der Waals surface area contributed by atoms with E-state index in [0.29, 0.717) is 47.1 Å². The Morgan fingerprint density at radius 2 is 1.56 bits per heavy atom. The van der Waals surface area contributed by atoms with Gasteiger partial charge in [-0.1, -0.05) is 0 Å². The van der Waals surface area contributed by atoms with Crippen molar-refractivity contribution in [3.8, 4) is 23.0 Å². The van der Waals surface area contributed by atoms with Gasteiger partial charge in [-0.15, -0.1) is 0 Å². The zero-order valence-electron chi connectivity index (χ0n) is 21.9. The number of ether oxygens (including phenoxy) is 4. The summed E-state index contributed by atoms with van der Waals surface area (Å²) in [6.45, 7) is 2.89. The van der Waals surface area contributed by atoms with Crippen LogP contribution in [0.5, 0.6) is 23.0 Å². The number of carbonyl (C=O) groups excluding carboxylic acids is 2. The number of benzene rings is 2. The van der Waals surface area contributed by atoms with Crippen LogP contribution in [0, 0.1) is 6.92 Å². The molecule has 1 amide bonds. The Balaban J connectivity index is 2.23. The lowest BCUT2D eigenvalue weighted by Crippen LogP contribution is -2.32. The lowest BCUT2D eigenvalue weighted by atomic mass is 9.94. The summed E-state index contributed by atoms with van der Waals surface area (Å²) >= 11 is 0. The summed E-state index contributed by atoms with van der Waals surface area (Å²) in [7, 11) is 9.93. The molecular formula is C27H34N2O7. The van der Waals surface area contributed by atoms with Crippen LogP contribution < -0.4 is 18.9 Å². The first-order valence-electron chi connectivity index (χ1n) is 11.6. The van der Waals surface area contributed by atoms with E-state index in [1.165, 1.54) is 26.2 Å². The first-order chi connectivity index (χ1) is 17.2. The molecule has 1 aliphatic heterocycles. The molecule has 1 saturated heterocycles. The predicted octanol–water partition coefficient (Wildman–Crippen LogP) is 3.40. The first kappa shape index (κ1) is 26.9. The molecule has 0 saturated carbocycles. The highest BCUT2D eigenvalue weighted by Gasteiger charge is 2.46. The van der Waals surface area contributed by atoms with E-state index in [-0.39, 0.29) is 11.3 Å². The quantitative estimate of drug-likeness (QED) is 0.302. The number of nitrogens with zero attached hydrogens (tertiary/aromatic N) is 2. The van der Waals surface area contributed by atoms with Gasteiger partial charge in [0.25, 0.3) is 11.7 Å². The minimum absolute atomic E-state index is 0.00342. The zero-order valence-corrected chi connectivity index (χ0v) is 21.9. The lowest BCUT2D eigenvalue weighted by Gasteiger charge is -2.27. The molecule has 194 valence electrons. The van der Waals surface area contributed by atoms with E-state index < -0.39 is 17.7 Å². The van der Waals surface area contributed by atoms with Crippen molar-refractivity contribution in [2.45, 2.75) is 19.4 Å². The minimum atomic E-state index is -0.844. The topological polar surface area (TPSA) is 97.8 Å². The maximum absolute atomic E-state index is 13.3. The summed E-state index contributed by atoms with van der Waals surface area (Å²) in [6, 6.07) is 7.65. The third-order valence-electron chi connectivity index (χ3n) is 6.22. The smallest absolute Gasteiger partial charge is 0.295 e. The first-order valence-corrected chi connectivity index (χ1v) is 11.6. The SMILES string of the molecule is COc1ccc(/C(O)=C2\C(=O)C(=O)N(CCCN(C)C)[C@@H]2c2cc(OC)c(OC)c(OC)c2)cc1C. The molecule has 0 aromatic heterocycles. The number of likely N-dealkylation sites (tertiary alicyclic amines) is 1. The van der Waals surface area contributed by atoms with Gasteiger partial charge in [0.15, 0.2) is 11.5 Å². The van der Waals surface area contributed by atoms with Gasteiger partial charge in [-0.05, 0) is 75.4 Å². The van der Waals surface area contributed by atoms with Crippen molar-refractivity contribution in [1.82, 2.24) is 9.80 Å². The normalized spacial score (nSPS) is 17.0. The Hall–Kier alpha value is -3.72. The maximum atomic E-state index is 13.3. The van der Waals surface area contributed by atoms with Gasteiger partial charge in [0.2, 0.25) is 5.75 Å². The minimum Gasteiger partial charge on any atom is -0.507 e. The number of hydrogen-bond acceptors (Lipinski definition) is 8. The van der Waals surface area contributed by atoms with Gasteiger partial charge in [0, 0.05) is 12.1 Å². The summed E-state index contributed by atoms with van der Waals surface area (Å²) < 4.78 is 21.8. The van der Waals surface area contributed by atoms with Crippen molar-refractivity contribution < 1.29 is 33.6 Å². The number of hydrogen-bond donors (Lipinski definition) is 1. The second kappa shape index (κ2) is 11.3. The molecule has 9 nitrogen and oxygen atoms in total. The molecule has 0 bridgehead atoms. The van der Waals surface area contributed by atoms with Crippen molar-refractivity contribution in [2.75, 3.05) is 55.6 Å². The van der Waals surface area contributed by atoms with E-state index in [1.807, 2.05) is 25.9 Å². The Labute approximate surface area is 211 Å². The van der Waals surface area contributed by atoms with E-state index in [1.54, 1.807) is 37.4 Å². The molecule has 1 atom stereocenters. The molecule has 1 heterocycles. The van der Waals surface area contributed by atoms with Crippen LogP contribution in [-0.2, 0) is 9.59 Å². The van der Waals surface area contributed by atoms with E-state index in [2.05, 4.69) is 0 Å². The molecule has 3 rings (SSSR count). The second-order valence-corrected chi connectivity index (χ2v) is 8.79. The average Bonchev–Trinajstić information content (AvgIpc) is 3.12. The lowest BCUT2D eigenvalue weighted by molar-refractivity contribution is -0.139. The van der Waals surface area contributed by atoms with Crippen molar-refractivity contribution in [3.63, 3.8) is 0 Å². The number of Topliss-reactive ketones (excluding diaryl/α,β-unsaturated/α-hetero) is 1. The molecule has 2 aromatic rings. The standard InChI is InChI=1S/C27H34N2O7/c1-16-13-17(9-10-19(16)33-4)24(30)22-23(29(27(32)25(22)31)12-8-11-28(2)3)18-14-20(34-5)26(36-7)21(15-18)35-6/h9-10,13-15,23,30H,8,11-12H2,1-7H3/b24-22+/t23-/m1/s1. The van der Waals surface area contributed by atoms with Gasteiger partial charge in [0.1, 0.15) is 11.5 Å². The third-order valence-corrected chi connectivity index (χ3v) is 6.22. The molecule has 2 aromatic carbocycles. The fourth-order valence-electron chi connectivity index (χ4n) is 4.45. The highest BCUT2D eigenvalue weighted by Crippen LogP contribution is 2.45. The van der Waals surface area contributed by atoms with E-state index in [4.69, 9.17) is 18.9 Å². The Kier molecular flexibility index (Phi) is 8.47. The molecule has 1 fully saturated rings. The summed E-state index contributed by atoms with van der Waals surface area (Å²) in [5.74, 6) is 0.129. The Morgan fingerprint density at radius 3 is 2.06 bits per heavy atom. The van der Waals surface area contributed by atoms with Crippen LogP contribution >= 0.6 is 0 Å². The summed E-state index contributed by atoms with van der Waals surface area (Å²) in [4.78, 5) is 30.0. The van der Waals surface area contributed by atoms with Crippen LogP contribution in [0.25, 0.3) is 5.76 Å². The number of aryl methyl sites for hydroxylation is 1. The van der Waals surface area contributed by atoms with E-state index in [9.17, 15) is 14.7 Å². The average molecular weight is 499 g/mol. The predicted molar refractivity (Wildman–Crippen MR) is 136 cm³/mol. The second-order valence-electron chi connectivity index (χ2n) is 8.79. The molecule has 36 heavy (non-hydrogen) atoms. The summed E-state index contributed by atoms with van der Waals surface area (Å²) in [5.41, 5.74) is 1.76. The fraction of sp³-hybridized carbons (Fsp3) is 0.407. The van der Waals surface area contributed by atoms with Crippen molar-refractivity contribution in [1.29, 1.82) is 0 Å². The highest BCUT2D eigenvalue weighted by molar-refractivity contribution is 6.46. The molecule has 1 aliphatic rings. The number of carbonyl (C=O) groups is 2. The van der Waals surface area contributed by atoms with Crippen molar-refractivity contribution in [3.05, 3.63) is 52.6 Å². The largest absolute Gasteiger partial charge is 0.507 e. The van der Waals surface area contributed by atoms with Crippen LogP contribution in [-0.4, -0.2) is 82.2 Å². The van der Waals surface area contributed by atoms with Gasteiger partial charge in [-0.2, -0.15) is 0 Å². The van der Waals surface area contributed by atoms with Crippen LogP contribution in [0.15, 0.2) is 35.9 Å². The molecule has 0 aliphatic carbocycles. The van der Waals surface area contributed by atoms with Gasteiger partial charge in [-0.3, -0.25) is 9.59 Å². The van der Waals surface area contributed by atoms with Gasteiger partial charge >= 0.3 is 0 Å². The summed E-state index contributed by atoms with van der Waals surface area (Å²) in [6.07, 6.45) is 0.641. The molecule has 1 N–H and O–H groups in total. The number of methoxy groups -OCH3 is 4.